The Morgan fingerprint density at radius 1 is 1.25 bits per heavy atom. The topological polar surface area (TPSA) is 35.5 Å². The number of ether oxygens (including phenoxy) is 2. The minimum Gasteiger partial charge on any atom is -0.491 e. The molecule has 3 nitrogen and oxygen atoms in total. The number of carbonyl (C=O) groups is 1. The first kappa shape index (κ1) is 12.7. The lowest BCUT2D eigenvalue weighted by molar-refractivity contribution is -0.108. The molecule has 3 heteroatoms. The van der Waals surface area contributed by atoms with Crippen LogP contribution in [0, 0.1) is 0 Å². The van der Waals surface area contributed by atoms with Gasteiger partial charge in [-0.2, -0.15) is 0 Å². The van der Waals surface area contributed by atoms with Gasteiger partial charge in [0, 0.05) is 13.5 Å². The van der Waals surface area contributed by atoms with E-state index in [0.29, 0.717) is 19.6 Å². The summed E-state index contributed by atoms with van der Waals surface area (Å²) in [5.74, 6) is 1.10. The zero-order valence-corrected chi connectivity index (χ0v) is 9.81. The Labute approximate surface area is 96.4 Å². The summed E-state index contributed by atoms with van der Waals surface area (Å²) in [6.07, 6.45) is 1.51. The average Bonchev–Trinajstić information content (AvgIpc) is 2.30. The molecular formula is C13H18O3. The van der Waals surface area contributed by atoms with Gasteiger partial charge < -0.3 is 14.3 Å². The molecule has 0 spiro atoms. The van der Waals surface area contributed by atoms with Crippen LogP contribution >= 0.6 is 0 Å². The van der Waals surface area contributed by atoms with Crippen molar-refractivity contribution in [1.82, 2.24) is 0 Å². The fourth-order valence-electron chi connectivity index (χ4n) is 1.42. The molecule has 1 aromatic carbocycles. The molecular weight excluding hydrogens is 204 g/mol. The van der Waals surface area contributed by atoms with Gasteiger partial charge in [-0.15, -0.1) is 0 Å². The van der Waals surface area contributed by atoms with Crippen molar-refractivity contribution >= 4 is 6.29 Å². The monoisotopic (exact) mass is 222 g/mol. The first-order chi connectivity index (χ1) is 7.77. The van der Waals surface area contributed by atoms with Gasteiger partial charge in [-0.05, 0) is 23.6 Å². The van der Waals surface area contributed by atoms with E-state index in [1.165, 1.54) is 0 Å². The normalized spacial score (nSPS) is 12.1. The van der Waals surface area contributed by atoms with Gasteiger partial charge in [-0.3, -0.25) is 0 Å². The van der Waals surface area contributed by atoms with Gasteiger partial charge in [0.1, 0.15) is 18.6 Å². The maximum atomic E-state index is 10.4. The highest BCUT2D eigenvalue weighted by molar-refractivity contribution is 5.51. The highest BCUT2D eigenvalue weighted by Crippen LogP contribution is 2.20. The van der Waals surface area contributed by atoms with Crippen LogP contribution in [-0.2, 0) is 9.53 Å². The largest absolute Gasteiger partial charge is 0.491 e. The molecule has 0 saturated heterocycles. The van der Waals surface area contributed by atoms with Crippen LogP contribution in [0.5, 0.6) is 5.75 Å². The van der Waals surface area contributed by atoms with Crippen molar-refractivity contribution in [3.63, 3.8) is 0 Å². The van der Waals surface area contributed by atoms with E-state index in [-0.39, 0.29) is 5.92 Å². The Balaban J connectivity index is 2.50. The molecule has 0 aliphatic rings. The van der Waals surface area contributed by atoms with E-state index < -0.39 is 0 Å². The van der Waals surface area contributed by atoms with E-state index in [1.807, 2.05) is 31.2 Å². The summed E-state index contributed by atoms with van der Waals surface area (Å²) >= 11 is 0. The minimum absolute atomic E-state index is 0.269. The van der Waals surface area contributed by atoms with Gasteiger partial charge in [0.2, 0.25) is 0 Å². The predicted octanol–water partition coefficient (Wildman–Crippen LogP) is 2.40. The van der Waals surface area contributed by atoms with E-state index in [9.17, 15) is 4.79 Å². The molecule has 0 bridgehead atoms. The Morgan fingerprint density at radius 3 is 2.50 bits per heavy atom. The summed E-state index contributed by atoms with van der Waals surface area (Å²) in [6.45, 7) is 3.18. The molecule has 0 radical (unpaired) electrons. The number of methoxy groups -OCH3 is 1. The molecule has 0 heterocycles. The summed E-state index contributed by atoms with van der Waals surface area (Å²) in [5, 5.41) is 0. The molecule has 0 saturated carbocycles. The number of hydrogen-bond donors (Lipinski definition) is 0. The van der Waals surface area contributed by atoms with Crippen LogP contribution in [0.4, 0.5) is 0 Å². The van der Waals surface area contributed by atoms with Crippen LogP contribution in [-0.4, -0.2) is 26.6 Å². The maximum Gasteiger partial charge on any atom is 0.120 e. The van der Waals surface area contributed by atoms with E-state index in [2.05, 4.69) is 0 Å². The van der Waals surface area contributed by atoms with Crippen molar-refractivity contribution in [2.45, 2.75) is 19.3 Å². The van der Waals surface area contributed by atoms with E-state index in [1.54, 1.807) is 7.11 Å². The Kier molecular flexibility index (Phi) is 5.57. The lowest BCUT2D eigenvalue weighted by Gasteiger charge is -2.10. The van der Waals surface area contributed by atoms with Crippen LogP contribution in [0.25, 0.3) is 0 Å². The number of benzene rings is 1. The molecule has 0 aliphatic carbocycles. The predicted molar refractivity (Wildman–Crippen MR) is 62.9 cm³/mol. The second kappa shape index (κ2) is 7.01. The van der Waals surface area contributed by atoms with Gasteiger partial charge in [0.05, 0.1) is 6.61 Å². The lowest BCUT2D eigenvalue weighted by Crippen LogP contribution is -2.04. The van der Waals surface area contributed by atoms with E-state index in [0.717, 1.165) is 17.6 Å². The van der Waals surface area contributed by atoms with Crippen molar-refractivity contribution in [1.29, 1.82) is 0 Å². The number of rotatable bonds is 7. The third kappa shape index (κ3) is 4.03. The number of hydrogen-bond acceptors (Lipinski definition) is 3. The molecule has 0 amide bonds. The smallest absolute Gasteiger partial charge is 0.120 e. The Morgan fingerprint density at radius 2 is 1.94 bits per heavy atom. The lowest BCUT2D eigenvalue weighted by atomic mass is 9.99. The van der Waals surface area contributed by atoms with Gasteiger partial charge >= 0.3 is 0 Å². The molecule has 1 rings (SSSR count). The first-order valence-corrected chi connectivity index (χ1v) is 5.43. The summed E-state index contributed by atoms with van der Waals surface area (Å²) in [4.78, 5) is 10.4. The standard InChI is InChI=1S/C13H18O3/c1-11(7-8-14)12-3-5-13(6-4-12)16-10-9-15-2/h3-6,8,11H,7,9-10H2,1-2H3. The zero-order chi connectivity index (χ0) is 11.8. The van der Waals surface area contributed by atoms with Gasteiger partial charge in [0.25, 0.3) is 0 Å². The third-order valence-electron chi connectivity index (χ3n) is 2.46. The highest BCUT2D eigenvalue weighted by Gasteiger charge is 2.04. The summed E-state index contributed by atoms with van der Waals surface area (Å²) in [5.41, 5.74) is 1.16. The maximum absolute atomic E-state index is 10.4. The van der Waals surface area contributed by atoms with Crippen LogP contribution in [0.3, 0.4) is 0 Å². The first-order valence-electron chi connectivity index (χ1n) is 5.43. The van der Waals surface area contributed by atoms with Crippen molar-refractivity contribution in [3.8, 4) is 5.75 Å². The quantitative estimate of drug-likeness (QED) is 0.525. The zero-order valence-electron chi connectivity index (χ0n) is 9.81. The molecule has 0 fully saturated rings. The molecule has 88 valence electrons. The van der Waals surface area contributed by atoms with Gasteiger partial charge in [-0.25, -0.2) is 0 Å². The minimum atomic E-state index is 0.269. The Hall–Kier alpha value is -1.35. The van der Waals surface area contributed by atoms with E-state index >= 15 is 0 Å². The van der Waals surface area contributed by atoms with Crippen molar-refractivity contribution < 1.29 is 14.3 Å². The summed E-state index contributed by atoms with van der Waals surface area (Å²) < 4.78 is 10.3. The number of aldehydes is 1. The van der Waals surface area contributed by atoms with Crippen molar-refractivity contribution in [2.24, 2.45) is 0 Å². The summed E-state index contributed by atoms with van der Waals surface area (Å²) in [7, 11) is 1.65. The van der Waals surface area contributed by atoms with Gasteiger partial charge in [0.15, 0.2) is 0 Å². The third-order valence-corrected chi connectivity index (χ3v) is 2.46. The van der Waals surface area contributed by atoms with Gasteiger partial charge in [-0.1, -0.05) is 19.1 Å². The second-order valence-electron chi connectivity index (χ2n) is 3.71. The van der Waals surface area contributed by atoms with Crippen LogP contribution in [0.15, 0.2) is 24.3 Å². The van der Waals surface area contributed by atoms with Crippen LogP contribution in [0.1, 0.15) is 24.8 Å². The average molecular weight is 222 g/mol. The fourth-order valence-corrected chi connectivity index (χ4v) is 1.42. The molecule has 1 aromatic rings. The van der Waals surface area contributed by atoms with Crippen LogP contribution < -0.4 is 4.74 Å². The van der Waals surface area contributed by atoms with Crippen molar-refractivity contribution in [3.05, 3.63) is 29.8 Å². The fraction of sp³-hybridized carbons (Fsp3) is 0.462. The summed E-state index contributed by atoms with van der Waals surface area (Å²) in [6, 6.07) is 7.84. The molecule has 1 unspecified atom stereocenters. The molecule has 1 atom stereocenters. The molecule has 0 aromatic heterocycles. The van der Waals surface area contributed by atoms with Crippen LogP contribution in [0.2, 0.25) is 0 Å². The second-order valence-corrected chi connectivity index (χ2v) is 3.71. The highest BCUT2D eigenvalue weighted by atomic mass is 16.5. The SMILES string of the molecule is COCCOc1ccc(C(C)CC=O)cc1. The molecule has 0 aliphatic heterocycles. The van der Waals surface area contributed by atoms with E-state index in [4.69, 9.17) is 9.47 Å². The van der Waals surface area contributed by atoms with Crippen molar-refractivity contribution in [2.75, 3.05) is 20.3 Å². The molecule has 0 N–H and O–H groups in total. The molecule has 16 heavy (non-hydrogen) atoms. The Bertz CT molecular complexity index is 305. The number of carbonyl (C=O) groups excluding carboxylic acids is 1.